The summed E-state index contributed by atoms with van der Waals surface area (Å²) >= 11 is 0. The fourth-order valence-corrected chi connectivity index (χ4v) is 4.27. The number of hydrogen-bond acceptors (Lipinski definition) is 6. The van der Waals surface area contributed by atoms with Crippen molar-refractivity contribution in [3.05, 3.63) is 47.2 Å². The van der Waals surface area contributed by atoms with Crippen LogP contribution in [0.1, 0.15) is 42.8 Å². The van der Waals surface area contributed by atoms with E-state index in [-0.39, 0.29) is 30.1 Å². The zero-order valence-electron chi connectivity index (χ0n) is 18.4. The molecule has 0 radical (unpaired) electrons. The molecular weight excluding hydrogens is 413 g/mol. The number of fused-ring (bicyclic) bond motifs is 1. The quantitative estimate of drug-likeness (QED) is 0.767. The van der Waals surface area contributed by atoms with Crippen LogP contribution in [0.15, 0.2) is 24.3 Å². The second kappa shape index (κ2) is 9.50. The first-order valence-electron chi connectivity index (χ1n) is 10.9. The van der Waals surface area contributed by atoms with Crippen molar-refractivity contribution in [3.8, 4) is 5.75 Å². The van der Waals surface area contributed by atoms with Crippen LogP contribution in [0.25, 0.3) is 0 Å². The zero-order valence-corrected chi connectivity index (χ0v) is 18.4. The summed E-state index contributed by atoms with van der Waals surface area (Å²) in [4.78, 5) is 37.4. The third-order valence-corrected chi connectivity index (χ3v) is 6.16. The zero-order chi connectivity index (χ0) is 22.7. The normalized spacial score (nSPS) is 16.5. The van der Waals surface area contributed by atoms with Crippen LogP contribution in [0, 0.1) is 5.82 Å². The smallest absolute Gasteiger partial charge is 0.260 e. The molecule has 32 heavy (non-hydrogen) atoms. The molecule has 170 valence electrons. The lowest BCUT2D eigenvalue weighted by atomic mass is 9.95. The summed E-state index contributed by atoms with van der Waals surface area (Å²) < 4.78 is 19.0. The number of nitrogens with zero attached hydrogens (tertiary/aromatic N) is 4. The highest BCUT2D eigenvalue weighted by Gasteiger charge is 2.29. The molecule has 8 nitrogen and oxygen atoms in total. The van der Waals surface area contributed by atoms with Crippen molar-refractivity contribution in [2.45, 2.75) is 38.6 Å². The van der Waals surface area contributed by atoms with E-state index < -0.39 is 5.82 Å². The molecule has 2 aromatic rings. The molecule has 0 unspecified atom stereocenters. The number of anilines is 1. The Kier molecular flexibility index (Phi) is 6.53. The summed E-state index contributed by atoms with van der Waals surface area (Å²) in [5, 5.41) is 3.16. The van der Waals surface area contributed by atoms with Gasteiger partial charge >= 0.3 is 0 Å². The van der Waals surface area contributed by atoms with Gasteiger partial charge in [0.2, 0.25) is 5.91 Å². The third-order valence-electron chi connectivity index (χ3n) is 6.16. The third kappa shape index (κ3) is 4.66. The maximum atomic E-state index is 13.7. The van der Waals surface area contributed by atoms with Crippen molar-refractivity contribution in [3.63, 3.8) is 0 Å². The van der Waals surface area contributed by atoms with E-state index in [0.29, 0.717) is 32.6 Å². The molecule has 0 spiro atoms. The number of piperidine rings is 1. The van der Waals surface area contributed by atoms with Gasteiger partial charge in [-0.3, -0.25) is 9.59 Å². The van der Waals surface area contributed by atoms with Crippen molar-refractivity contribution >= 4 is 17.6 Å². The van der Waals surface area contributed by atoms with E-state index in [2.05, 4.69) is 5.32 Å². The second-order valence-corrected chi connectivity index (χ2v) is 8.17. The van der Waals surface area contributed by atoms with Crippen LogP contribution < -0.4 is 10.1 Å². The Bertz CT molecular complexity index is 990. The Morgan fingerprint density at radius 3 is 2.59 bits per heavy atom. The number of rotatable bonds is 5. The van der Waals surface area contributed by atoms with Gasteiger partial charge in [-0.05, 0) is 25.0 Å². The lowest BCUT2D eigenvalue weighted by Crippen LogP contribution is -2.41. The Balaban J connectivity index is 1.37. The average molecular weight is 442 g/mol. The van der Waals surface area contributed by atoms with Gasteiger partial charge in [0.05, 0.1) is 12.2 Å². The largest absolute Gasteiger partial charge is 0.481 e. The second-order valence-electron chi connectivity index (χ2n) is 8.17. The van der Waals surface area contributed by atoms with E-state index in [1.165, 1.54) is 12.1 Å². The number of benzene rings is 1. The van der Waals surface area contributed by atoms with Gasteiger partial charge in [-0.15, -0.1) is 0 Å². The number of nitrogens with one attached hydrogen (secondary N) is 1. The number of ether oxygens (including phenoxy) is 1. The van der Waals surface area contributed by atoms with Crippen LogP contribution in [-0.2, 0) is 22.6 Å². The van der Waals surface area contributed by atoms with E-state index in [1.807, 2.05) is 7.05 Å². The van der Waals surface area contributed by atoms with Crippen molar-refractivity contribution in [2.75, 3.05) is 38.6 Å². The van der Waals surface area contributed by atoms with Crippen LogP contribution >= 0.6 is 0 Å². The fraction of sp³-hybridized carbons (Fsp3) is 0.478. The SMILES string of the molecule is CNc1nc(C2CCN(C(=O)COc3ccccc3F)CC2)nc2c1CN(C(C)=O)CC2. The summed E-state index contributed by atoms with van der Waals surface area (Å²) in [7, 11) is 1.83. The molecule has 4 rings (SSSR count). The summed E-state index contributed by atoms with van der Waals surface area (Å²) in [5.74, 6) is 1.23. The number of para-hydroxylation sites is 1. The summed E-state index contributed by atoms with van der Waals surface area (Å²) in [5.41, 5.74) is 1.98. The molecule has 1 fully saturated rings. The molecule has 2 aliphatic heterocycles. The number of hydrogen-bond donors (Lipinski definition) is 1. The van der Waals surface area contributed by atoms with E-state index in [4.69, 9.17) is 14.7 Å². The van der Waals surface area contributed by atoms with Crippen molar-refractivity contribution in [1.82, 2.24) is 19.8 Å². The van der Waals surface area contributed by atoms with E-state index in [9.17, 15) is 14.0 Å². The molecule has 2 aliphatic rings. The van der Waals surface area contributed by atoms with Gasteiger partial charge in [0, 0.05) is 51.5 Å². The summed E-state index contributed by atoms with van der Waals surface area (Å²) in [6, 6.07) is 6.07. The molecule has 1 aromatic carbocycles. The number of amides is 2. The van der Waals surface area contributed by atoms with Gasteiger partial charge in [0.15, 0.2) is 18.2 Å². The minimum absolute atomic E-state index is 0.0535. The lowest BCUT2D eigenvalue weighted by molar-refractivity contribution is -0.134. The van der Waals surface area contributed by atoms with E-state index >= 15 is 0 Å². The standard InChI is InChI=1S/C23H28FN5O3/c1-15(30)29-12-9-19-17(13-29)23(25-2)27-22(26-19)16-7-10-28(11-8-16)21(31)14-32-20-6-4-3-5-18(20)24/h3-6,16H,7-14H2,1-2H3,(H,25,26,27). The molecule has 0 aliphatic carbocycles. The van der Waals surface area contributed by atoms with E-state index in [1.54, 1.807) is 28.9 Å². The number of carbonyl (C=O) groups is 2. The van der Waals surface area contributed by atoms with Crippen molar-refractivity contribution < 1.29 is 18.7 Å². The van der Waals surface area contributed by atoms with Crippen molar-refractivity contribution in [1.29, 1.82) is 0 Å². The minimum Gasteiger partial charge on any atom is -0.481 e. The molecule has 0 bridgehead atoms. The summed E-state index contributed by atoms with van der Waals surface area (Å²) in [6.07, 6.45) is 2.23. The van der Waals surface area contributed by atoms with Gasteiger partial charge in [-0.25, -0.2) is 14.4 Å². The number of carbonyl (C=O) groups excluding carboxylic acids is 2. The average Bonchev–Trinajstić information content (AvgIpc) is 2.82. The molecule has 3 heterocycles. The highest BCUT2D eigenvalue weighted by atomic mass is 19.1. The summed E-state index contributed by atoms with van der Waals surface area (Å²) in [6.45, 7) is 3.75. The number of halogens is 1. The minimum atomic E-state index is -0.477. The Morgan fingerprint density at radius 1 is 1.16 bits per heavy atom. The van der Waals surface area contributed by atoms with Crippen LogP contribution in [-0.4, -0.2) is 64.9 Å². The van der Waals surface area contributed by atoms with Crippen LogP contribution in [0.2, 0.25) is 0 Å². The van der Waals surface area contributed by atoms with Gasteiger partial charge in [0.25, 0.3) is 5.91 Å². The first kappa shape index (κ1) is 22.0. The Morgan fingerprint density at radius 2 is 1.91 bits per heavy atom. The highest BCUT2D eigenvalue weighted by Crippen LogP contribution is 2.30. The maximum Gasteiger partial charge on any atom is 0.260 e. The first-order chi connectivity index (χ1) is 15.5. The Hall–Kier alpha value is -3.23. The lowest BCUT2D eigenvalue weighted by Gasteiger charge is -2.33. The van der Waals surface area contributed by atoms with Crippen LogP contribution in [0.5, 0.6) is 5.75 Å². The van der Waals surface area contributed by atoms with E-state index in [0.717, 1.165) is 35.7 Å². The van der Waals surface area contributed by atoms with Gasteiger partial charge in [-0.1, -0.05) is 12.1 Å². The molecule has 2 amide bonds. The molecule has 1 saturated heterocycles. The van der Waals surface area contributed by atoms with Gasteiger partial charge in [0.1, 0.15) is 11.6 Å². The Labute approximate surface area is 186 Å². The maximum absolute atomic E-state index is 13.7. The predicted octanol–water partition coefficient (Wildman–Crippen LogP) is 2.35. The molecule has 0 atom stereocenters. The highest BCUT2D eigenvalue weighted by molar-refractivity contribution is 5.78. The number of likely N-dealkylation sites (tertiary alicyclic amines) is 1. The molecular formula is C23H28FN5O3. The monoisotopic (exact) mass is 441 g/mol. The van der Waals surface area contributed by atoms with Gasteiger partial charge in [-0.2, -0.15) is 0 Å². The van der Waals surface area contributed by atoms with Crippen LogP contribution in [0.4, 0.5) is 10.2 Å². The van der Waals surface area contributed by atoms with Crippen molar-refractivity contribution in [2.24, 2.45) is 0 Å². The first-order valence-corrected chi connectivity index (χ1v) is 10.9. The molecule has 1 N–H and O–H groups in total. The fourth-order valence-electron chi connectivity index (χ4n) is 4.27. The molecule has 9 heteroatoms. The predicted molar refractivity (Wildman–Crippen MR) is 117 cm³/mol. The molecule has 0 saturated carbocycles. The topological polar surface area (TPSA) is 87.7 Å². The van der Waals surface area contributed by atoms with Crippen LogP contribution in [0.3, 0.4) is 0 Å². The van der Waals surface area contributed by atoms with Gasteiger partial charge < -0.3 is 19.9 Å². The molecule has 1 aromatic heterocycles. The number of aromatic nitrogens is 2.